The molecule has 0 aliphatic heterocycles. The van der Waals surface area contributed by atoms with Crippen LogP contribution in [0.15, 0.2) is 36.0 Å². The van der Waals surface area contributed by atoms with Crippen LogP contribution in [0, 0.1) is 22.7 Å². The van der Waals surface area contributed by atoms with Crippen molar-refractivity contribution in [1.29, 1.82) is 0 Å². The van der Waals surface area contributed by atoms with Gasteiger partial charge in [0, 0.05) is 23.7 Å². The molecular formula is C24H29FO6. The summed E-state index contributed by atoms with van der Waals surface area (Å²) in [6.45, 7) is 7.90. The van der Waals surface area contributed by atoms with Gasteiger partial charge in [0.15, 0.2) is 23.7 Å². The Kier molecular flexibility index (Phi) is 4.77. The molecule has 0 amide bonds. The maximum absolute atomic E-state index is 17.0. The number of rotatable bonds is 3. The lowest BCUT2D eigenvalue weighted by Crippen LogP contribution is -2.69. The largest absolute Gasteiger partial charge is 0.458 e. The number of esters is 1. The first-order chi connectivity index (χ1) is 14.3. The Morgan fingerprint density at radius 2 is 2.00 bits per heavy atom. The molecule has 0 aromatic heterocycles. The van der Waals surface area contributed by atoms with Crippen LogP contribution < -0.4 is 0 Å². The van der Waals surface area contributed by atoms with Crippen molar-refractivity contribution in [1.82, 2.24) is 0 Å². The highest BCUT2D eigenvalue weighted by atomic mass is 19.1. The Balaban J connectivity index is 1.77. The molecule has 0 heterocycles. The maximum atomic E-state index is 17.0. The molecule has 0 aromatic rings. The molecule has 4 aliphatic rings. The molecule has 7 atom stereocenters. The van der Waals surface area contributed by atoms with Gasteiger partial charge in [-0.3, -0.25) is 14.4 Å². The van der Waals surface area contributed by atoms with E-state index < -0.39 is 58.4 Å². The monoisotopic (exact) mass is 432 g/mol. The average molecular weight is 432 g/mol. The van der Waals surface area contributed by atoms with Crippen LogP contribution >= 0.6 is 0 Å². The van der Waals surface area contributed by atoms with E-state index in [2.05, 4.69) is 6.58 Å². The van der Waals surface area contributed by atoms with E-state index in [-0.39, 0.29) is 24.2 Å². The number of Topliss-reactive ketones (excluding diaryl/α,β-unsaturated/α-hetero) is 1. The van der Waals surface area contributed by atoms with Gasteiger partial charge in [0.1, 0.15) is 0 Å². The number of ketones is 2. The molecule has 4 aliphatic carbocycles. The minimum Gasteiger partial charge on any atom is -0.458 e. The Hall–Kier alpha value is -2.12. The Labute approximate surface area is 180 Å². The highest BCUT2D eigenvalue weighted by Crippen LogP contribution is 2.70. The minimum absolute atomic E-state index is 0.156. The molecule has 6 nitrogen and oxygen atoms in total. The third-order valence-electron chi connectivity index (χ3n) is 8.65. The number of aliphatic hydroxyl groups is 2. The summed E-state index contributed by atoms with van der Waals surface area (Å²) in [6, 6.07) is 0. The summed E-state index contributed by atoms with van der Waals surface area (Å²) in [4.78, 5) is 36.1. The number of halogens is 1. The van der Waals surface area contributed by atoms with Gasteiger partial charge in [-0.25, -0.2) is 4.39 Å². The molecule has 0 bridgehead atoms. The van der Waals surface area contributed by atoms with Crippen molar-refractivity contribution in [2.75, 3.05) is 6.61 Å². The second-order valence-electron chi connectivity index (χ2n) is 9.99. The van der Waals surface area contributed by atoms with Crippen LogP contribution in [0.4, 0.5) is 4.39 Å². The lowest BCUT2D eigenvalue weighted by Gasteiger charge is -2.62. The van der Waals surface area contributed by atoms with Crippen molar-refractivity contribution in [3.63, 3.8) is 0 Å². The van der Waals surface area contributed by atoms with Crippen LogP contribution in [-0.4, -0.2) is 51.7 Å². The van der Waals surface area contributed by atoms with Gasteiger partial charge in [0.25, 0.3) is 0 Å². The predicted octanol–water partition coefficient (Wildman–Crippen LogP) is 2.39. The third-order valence-corrected chi connectivity index (χ3v) is 8.65. The summed E-state index contributed by atoms with van der Waals surface area (Å²) in [5, 5.41) is 22.8. The van der Waals surface area contributed by atoms with E-state index in [0.29, 0.717) is 18.4 Å². The van der Waals surface area contributed by atoms with Gasteiger partial charge in [-0.2, -0.15) is 0 Å². The first kappa shape index (κ1) is 22.1. The van der Waals surface area contributed by atoms with Crippen molar-refractivity contribution in [2.24, 2.45) is 22.7 Å². The van der Waals surface area contributed by atoms with Crippen molar-refractivity contribution >= 4 is 17.5 Å². The van der Waals surface area contributed by atoms with Crippen molar-refractivity contribution < 1.29 is 33.7 Å². The molecule has 4 rings (SSSR count). The standard InChI is InChI=1S/C24H29FO6/c1-13-9-18-17-6-5-15-10-16(27)7-8-21(15,3)23(17,25)19(28)11-22(18,4)24(13,30)20(29)12-31-14(2)26/h7-8,10,17-19,28,30H,1,5-6,9,11-12H2,2-4H3/t17-,18-,19+,21-,22-,23-,24-/m0/s1. The molecule has 0 radical (unpaired) electrons. The summed E-state index contributed by atoms with van der Waals surface area (Å²) in [6.07, 6.45) is 3.86. The summed E-state index contributed by atoms with van der Waals surface area (Å²) < 4.78 is 21.8. The van der Waals surface area contributed by atoms with E-state index in [1.165, 1.54) is 19.1 Å². The fourth-order valence-corrected chi connectivity index (χ4v) is 6.96. The molecule has 3 saturated carbocycles. The Morgan fingerprint density at radius 3 is 2.65 bits per heavy atom. The number of fused-ring (bicyclic) bond motifs is 5. The quantitative estimate of drug-likeness (QED) is 0.525. The Bertz CT molecular complexity index is 952. The number of carbonyl (C=O) groups is 3. The van der Waals surface area contributed by atoms with Gasteiger partial charge in [-0.05, 0) is 56.3 Å². The van der Waals surface area contributed by atoms with E-state index in [4.69, 9.17) is 4.74 Å². The lowest BCUT2D eigenvalue weighted by atomic mass is 9.44. The SMILES string of the molecule is C=C1C[C@H]2[C@@H]3CCC4=CC(=O)C=C[C@]4(C)[C@@]3(F)[C@H](O)C[C@]2(C)[C@@]1(O)C(=O)COC(C)=O. The molecule has 0 spiro atoms. The molecule has 0 unspecified atom stereocenters. The smallest absolute Gasteiger partial charge is 0.303 e. The molecule has 2 N–H and O–H groups in total. The average Bonchev–Trinajstić information content (AvgIpc) is 2.89. The normalized spacial score (nSPS) is 46.0. The summed E-state index contributed by atoms with van der Waals surface area (Å²) in [7, 11) is 0. The van der Waals surface area contributed by atoms with E-state index >= 15 is 4.39 Å². The molecule has 168 valence electrons. The zero-order chi connectivity index (χ0) is 23.0. The van der Waals surface area contributed by atoms with Gasteiger partial charge in [-0.1, -0.05) is 25.2 Å². The zero-order valence-corrected chi connectivity index (χ0v) is 18.1. The summed E-state index contributed by atoms with van der Waals surface area (Å²) in [5.41, 5.74) is -5.46. The fourth-order valence-electron chi connectivity index (χ4n) is 6.96. The summed E-state index contributed by atoms with van der Waals surface area (Å²) >= 11 is 0. The van der Waals surface area contributed by atoms with Crippen molar-refractivity contribution in [2.45, 2.75) is 63.8 Å². The number of ether oxygens (including phenoxy) is 1. The lowest BCUT2D eigenvalue weighted by molar-refractivity contribution is -0.215. The van der Waals surface area contributed by atoms with Gasteiger partial charge in [-0.15, -0.1) is 0 Å². The van der Waals surface area contributed by atoms with Crippen LogP contribution in [0.3, 0.4) is 0 Å². The molecule has 3 fully saturated rings. The number of hydrogen-bond acceptors (Lipinski definition) is 6. The molecule has 0 saturated heterocycles. The topological polar surface area (TPSA) is 101 Å². The van der Waals surface area contributed by atoms with Crippen molar-refractivity contribution in [3.8, 4) is 0 Å². The third kappa shape index (κ3) is 2.59. The highest BCUT2D eigenvalue weighted by Gasteiger charge is 2.75. The van der Waals surface area contributed by atoms with Gasteiger partial charge < -0.3 is 14.9 Å². The highest BCUT2D eigenvalue weighted by molar-refractivity contribution is 6.01. The van der Waals surface area contributed by atoms with Gasteiger partial charge >= 0.3 is 5.97 Å². The second-order valence-corrected chi connectivity index (χ2v) is 9.99. The number of alkyl halides is 1. The molecule has 31 heavy (non-hydrogen) atoms. The summed E-state index contributed by atoms with van der Waals surface area (Å²) in [5.74, 6) is -2.63. The number of hydrogen-bond donors (Lipinski definition) is 2. The molecular weight excluding hydrogens is 403 g/mol. The van der Waals surface area contributed by atoms with E-state index in [9.17, 15) is 24.6 Å². The van der Waals surface area contributed by atoms with Gasteiger partial charge in [0.05, 0.1) is 6.10 Å². The molecule has 0 aromatic carbocycles. The van der Waals surface area contributed by atoms with Gasteiger partial charge in [0.2, 0.25) is 5.78 Å². The van der Waals surface area contributed by atoms with E-state index in [1.54, 1.807) is 19.9 Å². The van der Waals surface area contributed by atoms with Crippen LogP contribution in [-0.2, 0) is 19.1 Å². The number of aliphatic hydroxyl groups excluding tert-OH is 1. The van der Waals surface area contributed by atoms with Crippen LogP contribution in [0.5, 0.6) is 0 Å². The van der Waals surface area contributed by atoms with Crippen LogP contribution in [0.25, 0.3) is 0 Å². The van der Waals surface area contributed by atoms with Crippen molar-refractivity contribution in [3.05, 3.63) is 36.0 Å². The minimum atomic E-state index is -2.05. The molecule has 7 heteroatoms. The first-order valence-corrected chi connectivity index (χ1v) is 10.7. The number of allylic oxidation sites excluding steroid dienone is 4. The second kappa shape index (κ2) is 6.69. The van der Waals surface area contributed by atoms with E-state index in [1.807, 2.05) is 0 Å². The van der Waals surface area contributed by atoms with E-state index in [0.717, 1.165) is 0 Å². The Morgan fingerprint density at radius 1 is 1.32 bits per heavy atom. The van der Waals surface area contributed by atoms with Crippen LogP contribution in [0.2, 0.25) is 0 Å². The number of carbonyl (C=O) groups excluding carboxylic acids is 3. The zero-order valence-electron chi connectivity index (χ0n) is 18.1. The fraction of sp³-hybridized carbons (Fsp3) is 0.625. The van der Waals surface area contributed by atoms with Crippen LogP contribution in [0.1, 0.15) is 46.5 Å². The first-order valence-electron chi connectivity index (χ1n) is 10.7. The maximum Gasteiger partial charge on any atom is 0.303 e. The predicted molar refractivity (Wildman–Crippen MR) is 109 cm³/mol.